The summed E-state index contributed by atoms with van der Waals surface area (Å²) in [6.45, 7) is 0.947. The Hall–Kier alpha value is -1.93. The van der Waals surface area contributed by atoms with E-state index in [-0.39, 0.29) is 6.42 Å². The van der Waals surface area contributed by atoms with Crippen LogP contribution in [0.25, 0.3) is 0 Å². The molecular weight excluding hydrogens is 247 g/mol. The van der Waals surface area contributed by atoms with Crippen LogP contribution in [0.5, 0.6) is 0 Å². The number of rotatable bonds is 6. The predicted molar refractivity (Wildman–Crippen MR) is 66.8 cm³/mol. The van der Waals surface area contributed by atoms with E-state index >= 15 is 0 Å². The molecule has 0 heterocycles. The standard InChI is InChI=1S/C14H15FN2O2/c15-12-6-10(8-16)5-11(7-12)9-17(13-1-2-13)4-3-14(18)19/h5-7,13H,1-4,9H2,(H,18,19). The maximum Gasteiger partial charge on any atom is 0.304 e. The molecule has 0 bridgehead atoms. The van der Waals surface area contributed by atoms with Crippen molar-refractivity contribution in [3.8, 4) is 6.07 Å². The SMILES string of the molecule is N#Cc1cc(F)cc(CN(CCC(=O)O)C2CC2)c1. The van der Waals surface area contributed by atoms with Crippen LogP contribution < -0.4 is 0 Å². The Bertz CT molecular complexity index is 521. The monoisotopic (exact) mass is 262 g/mol. The Morgan fingerprint density at radius 1 is 1.47 bits per heavy atom. The molecule has 4 nitrogen and oxygen atoms in total. The van der Waals surface area contributed by atoms with E-state index in [1.165, 1.54) is 12.1 Å². The van der Waals surface area contributed by atoms with Gasteiger partial charge in [0, 0.05) is 19.1 Å². The van der Waals surface area contributed by atoms with Gasteiger partial charge in [0.25, 0.3) is 0 Å². The van der Waals surface area contributed by atoms with Crippen molar-refractivity contribution in [1.82, 2.24) is 4.90 Å². The minimum absolute atomic E-state index is 0.0803. The molecule has 0 atom stereocenters. The van der Waals surface area contributed by atoms with Crippen LogP contribution in [-0.4, -0.2) is 28.6 Å². The topological polar surface area (TPSA) is 64.3 Å². The normalized spacial score (nSPS) is 14.4. The quantitative estimate of drug-likeness (QED) is 0.853. The van der Waals surface area contributed by atoms with Gasteiger partial charge < -0.3 is 5.11 Å². The summed E-state index contributed by atoms with van der Waals surface area (Å²) in [7, 11) is 0. The molecule has 1 aromatic carbocycles. The van der Waals surface area contributed by atoms with Gasteiger partial charge in [-0.2, -0.15) is 5.26 Å². The molecule has 1 aliphatic rings. The highest BCUT2D eigenvalue weighted by atomic mass is 19.1. The molecule has 1 aromatic rings. The second kappa shape index (κ2) is 5.81. The Labute approximate surface area is 111 Å². The number of carbonyl (C=O) groups is 1. The van der Waals surface area contributed by atoms with Gasteiger partial charge >= 0.3 is 5.97 Å². The average molecular weight is 262 g/mol. The van der Waals surface area contributed by atoms with Gasteiger partial charge in [-0.25, -0.2) is 4.39 Å². The van der Waals surface area contributed by atoms with Crippen molar-refractivity contribution in [2.45, 2.75) is 31.8 Å². The van der Waals surface area contributed by atoms with Crippen LogP contribution in [0.4, 0.5) is 4.39 Å². The lowest BCUT2D eigenvalue weighted by atomic mass is 10.1. The van der Waals surface area contributed by atoms with Crippen molar-refractivity contribution in [1.29, 1.82) is 5.26 Å². The largest absolute Gasteiger partial charge is 0.481 e. The smallest absolute Gasteiger partial charge is 0.304 e. The van der Waals surface area contributed by atoms with Crippen LogP contribution in [0.2, 0.25) is 0 Å². The maximum atomic E-state index is 13.3. The first-order chi connectivity index (χ1) is 9.08. The Kier molecular flexibility index (Phi) is 4.13. The van der Waals surface area contributed by atoms with Crippen molar-refractivity contribution in [3.05, 3.63) is 35.1 Å². The van der Waals surface area contributed by atoms with E-state index in [9.17, 15) is 9.18 Å². The average Bonchev–Trinajstić information content (AvgIpc) is 3.17. The summed E-state index contributed by atoms with van der Waals surface area (Å²) in [6.07, 6.45) is 2.19. The number of hydrogen-bond acceptors (Lipinski definition) is 3. The van der Waals surface area contributed by atoms with Gasteiger partial charge in [-0.05, 0) is 36.6 Å². The number of aliphatic carboxylic acids is 1. The molecule has 0 saturated heterocycles. The van der Waals surface area contributed by atoms with Gasteiger partial charge in [0.05, 0.1) is 18.1 Å². The van der Waals surface area contributed by atoms with Gasteiger partial charge in [-0.3, -0.25) is 9.69 Å². The van der Waals surface area contributed by atoms with Crippen LogP contribution in [-0.2, 0) is 11.3 Å². The number of hydrogen-bond donors (Lipinski definition) is 1. The second-order valence-corrected chi connectivity index (χ2v) is 4.81. The number of halogens is 1. The molecule has 100 valence electrons. The van der Waals surface area contributed by atoms with Crippen molar-refractivity contribution in [3.63, 3.8) is 0 Å². The molecule has 0 radical (unpaired) electrons. The molecule has 1 N–H and O–H groups in total. The predicted octanol–water partition coefficient (Wildman–Crippen LogP) is 2.14. The zero-order valence-electron chi connectivity index (χ0n) is 10.5. The summed E-state index contributed by atoms with van der Waals surface area (Å²) in [4.78, 5) is 12.7. The molecular formula is C14H15FN2O2. The van der Waals surface area contributed by atoms with Crippen LogP contribution in [0.15, 0.2) is 18.2 Å². The fraction of sp³-hybridized carbons (Fsp3) is 0.429. The molecule has 1 aliphatic carbocycles. The summed E-state index contributed by atoms with van der Waals surface area (Å²) in [5.74, 6) is -1.26. The molecule has 0 aromatic heterocycles. The highest BCUT2D eigenvalue weighted by molar-refractivity contribution is 5.66. The third-order valence-corrected chi connectivity index (χ3v) is 3.15. The summed E-state index contributed by atoms with van der Waals surface area (Å²) in [5, 5.41) is 17.5. The van der Waals surface area contributed by atoms with Gasteiger partial charge in [0.2, 0.25) is 0 Å². The molecule has 0 aliphatic heterocycles. The molecule has 19 heavy (non-hydrogen) atoms. The lowest BCUT2D eigenvalue weighted by Gasteiger charge is -2.21. The molecule has 2 rings (SSSR count). The highest BCUT2D eigenvalue weighted by Crippen LogP contribution is 2.28. The first kappa shape index (κ1) is 13.5. The van der Waals surface area contributed by atoms with E-state index in [2.05, 4.69) is 0 Å². The zero-order valence-corrected chi connectivity index (χ0v) is 10.5. The van der Waals surface area contributed by atoms with E-state index < -0.39 is 11.8 Å². The Morgan fingerprint density at radius 3 is 2.79 bits per heavy atom. The van der Waals surface area contributed by atoms with E-state index in [0.29, 0.717) is 30.3 Å². The second-order valence-electron chi connectivity index (χ2n) is 4.81. The lowest BCUT2D eigenvalue weighted by molar-refractivity contribution is -0.137. The maximum absolute atomic E-state index is 13.3. The molecule has 0 amide bonds. The molecule has 1 fully saturated rings. The minimum atomic E-state index is -0.831. The summed E-state index contributed by atoms with van der Waals surface area (Å²) < 4.78 is 13.3. The van der Waals surface area contributed by atoms with E-state index in [1.807, 2.05) is 11.0 Å². The van der Waals surface area contributed by atoms with E-state index in [0.717, 1.165) is 12.8 Å². The molecule has 1 saturated carbocycles. The molecule has 0 unspecified atom stereocenters. The fourth-order valence-corrected chi connectivity index (χ4v) is 2.11. The molecule has 0 spiro atoms. The van der Waals surface area contributed by atoms with Crippen molar-refractivity contribution >= 4 is 5.97 Å². The van der Waals surface area contributed by atoms with Crippen LogP contribution in [0.1, 0.15) is 30.4 Å². The number of benzene rings is 1. The fourth-order valence-electron chi connectivity index (χ4n) is 2.11. The van der Waals surface area contributed by atoms with E-state index in [1.54, 1.807) is 6.07 Å². The van der Waals surface area contributed by atoms with Crippen molar-refractivity contribution < 1.29 is 14.3 Å². The van der Waals surface area contributed by atoms with Gasteiger partial charge in [-0.15, -0.1) is 0 Å². The third-order valence-electron chi connectivity index (χ3n) is 3.15. The van der Waals surface area contributed by atoms with Crippen LogP contribution in [0, 0.1) is 17.1 Å². The number of nitrogens with zero attached hydrogens (tertiary/aromatic N) is 2. The Morgan fingerprint density at radius 2 is 2.21 bits per heavy atom. The number of carboxylic acid groups (broad SMARTS) is 1. The minimum Gasteiger partial charge on any atom is -0.481 e. The zero-order chi connectivity index (χ0) is 13.8. The summed E-state index contributed by atoms with van der Waals surface area (Å²) in [5.41, 5.74) is 1.01. The Balaban J connectivity index is 2.06. The van der Waals surface area contributed by atoms with E-state index in [4.69, 9.17) is 10.4 Å². The van der Waals surface area contributed by atoms with Crippen molar-refractivity contribution in [2.24, 2.45) is 0 Å². The first-order valence-electron chi connectivity index (χ1n) is 6.24. The highest BCUT2D eigenvalue weighted by Gasteiger charge is 2.29. The number of carboxylic acids is 1. The van der Waals surface area contributed by atoms with Crippen LogP contribution in [0.3, 0.4) is 0 Å². The van der Waals surface area contributed by atoms with Crippen LogP contribution >= 0.6 is 0 Å². The summed E-state index contributed by atoms with van der Waals surface area (Å²) >= 11 is 0. The number of nitriles is 1. The molecule has 5 heteroatoms. The summed E-state index contributed by atoms with van der Waals surface area (Å²) in [6, 6.07) is 6.57. The van der Waals surface area contributed by atoms with Gasteiger partial charge in [-0.1, -0.05) is 0 Å². The first-order valence-corrected chi connectivity index (χ1v) is 6.24. The lowest BCUT2D eigenvalue weighted by Crippen LogP contribution is -2.28. The van der Waals surface area contributed by atoms with Gasteiger partial charge in [0.15, 0.2) is 0 Å². The van der Waals surface area contributed by atoms with Gasteiger partial charge in [0.1, 0.15) is 5.82 Å². The third kappa shape index (κ3) is 4.04. The van der Waals surface area contributed by atoms with Crippen molar-refractivity contribution in [2.75, 3.05) is 6.54 Å².